The van der Waals surface area contributed by atoms with Gasteiger partial charge in [0.05, 0.1) is 26.9 Å². The number of hydrogen-bond acceptors (Lipinski definition) is 9. The summed E-state index contributed by atoms with van der Waals surface area (Å²) in [7, 11) is 2.28. The minimum Gasteiger partial charge on any atom is -0.505 e. The Bertz CT molecular complexity index is 2490. The summed E-state index contributed by atoms with van der Waals surface area (Å²) in [6.45, 7) is 9.04. The largest absolute Gasteiger partial charge is 0.505 e. The number of aromatic nitrogens is 1. The zero-order valence-corrected chi connectivity index (χ0v) is 38.7. The molecule has 2 unspecified atom stereocenters. The predicted octanol–water partition coefficient (Wildman–Crippen LogP) is 11.2. The average molecular weight is 907 g/mol. The Balaban J connectivity index is 1.02. The van der Waals surface area contributed by atoms with Gasteiger partial charge in [-0.05, 0) is 118 Å². The van der Waals surface area contributed by atoms with Gasteiger partial charge in [-0.25, -0.2) is 4.21 Å². The van der Waals surface area contributed by atoms with Crippen LogP contribution in [0.15, 0.2) is 131 Å². The van der Waals surface area contributed by atoms with Gasteiger partial charge in [-0.15, -0.1) is 11.8 Å². The number of unbranched alkanes of at least 4 members (excludes halogenated alkanes) is 1. The molecule has 1 aliphatic rings. The zero-order valence-electron chi connectivity index (χ0n) is 36.3. The van der Waals surface area contributed by atoms with Crippen molar-refractivity contribution in [2.24, 2.45) is 0 Å². The molecular weight excluding hydrogens is 850 g/mol. The number of halogens is 1. The third-order valence-corrected chi connectivity index (χ3v) is 14.0. The van der Waals surface area contributed by atoms with E-state index in [1.54, 1.807) is 17.8 Å². The molecule has 11 nitrogen and oxygen atoms in total. The second-order valence-corrected chi connectivity index (χ2v) is 18.8. The lowest BCUT2D eigenvalue weighted by molar-refractivity contribution is -0.385. The lowest BCUT2D eigenvalue weighted by Gasteiger charge is -2.37. The summed E-state index contributed by atoms with van der Waals surface area (Å²) in [4.78, 5) is 19.7. The number of rotatable bonds is 19. The lowest BCUT2D eigenvalue weighted by Crippen LogP contribution is -2.46. The Hall–Kier alpha value is -5.47. The second-order valence-electron chi connectivity index (χ2n) is 16.1. The summed E-state index contributed by atoms with van der Waals surface area (Å²) in [6, 6.07) is 38.9. The Kier molecular flexibility index (Phi) is 15.4. The minimum atomic E-state index is -1.79. The number of non-ortho nitro benzene ring substituents is 1. The number of nitrogens with one attached hydrogen (secondary N) is 2. The summed E-state index contributed by atoms with van der Waals surface area (Å²) >= 11 is 8.02. The molecule has 0 spiro atoms. The topological polar surface area (TPSA) is 119 Å². The van der Waals surface area contributed by atoms with Crippen molar-refractivity contribution in [3.63, 3.8) is 0 Å². The molecule has 1 aromatic heterocycles. The minimum absolute atomic E-state index is 0.0206. The molecule has 0 radical (unpaired) electrons. The van der Waals surface area contributed by atoms with Crippen molar-refractivity contribution in [2.45, 2.75) is 55.5 Å². The number of hydrogen-bond donors (Lipinski definition) is 3. The van der Waals surface area contributed by atoms with E-state index in [0.717, 1.165) is 109 Å². The van der Waals surface area contributed by atoms with E-state index >= 15 is 0 Å². The summed E-state index contributed by atoms with van der Waals surface area (Å²) in [5.41, 5.74) is 7.96. The maximum Gasteiger partial charge on any atom is 0.270 e. The van der Waals surface area contributed by atoms with Crippen LogP contribution in [0, 0.1) is 17.0 Å². The third-order valence-electron chi connectivity index (χ3n) is 11.4. The number of thioether (sulfide) groups is 1. The van der Waals surface area contributed by atoms with E-state index in [-0.39, 0.29) is 11.7 Å². The Morgan fingerprint density at radius 3 is 2.24 bits per heavy atom. The van der Waals surface area contributed by atoms with Crippen LogP contribution in [0.3, 0.4) is 0 Å². The van der Waals surface area contributed by atoms with Crippen LogP contribution in [0.4, 0.5) is 28.4 Å². The summed E-state index contributed by atoms with van der Waals surface area (Å²) in [6.07, 6.45) is 2.88. The van der Waals surface area contributed by atoms with Gasteiger partial charge >= 0.3 is 0 Å². The fourth-order valence-electron chi connectivity index (χ4n) is 7.93. The molecule has 63 heavy (non-hydrogen) atoms. The standard InChI is InChI=1S/C49H56ClN7O4S2/c1-5-6-26-56-35(2)49(58)47(48(56)36-15-17-38(50)18-16-36)37-11-10-12-42(32-37)55-30-28-54(29-31-55)41-21-19-39(20-22-41)52-63(61)46-33-43(57(59)60)23-24-45(46)51-40(25-27-53(3)4)34-62-44-13-8-7-9-14-44/h7-24,32-33,40,51-52,58H,5-6,25-31,34H2,1-4H3. The molecule has 14 heteroatoms. The number of benzene rings is 5. The highest BCUT2D eigenvalue weighted by atomic mass is 35.5. The average Bonchev–Trinajstić information content (AvgIpc) is 3.55. The quantitative estimate of drug-likeness (QED) is 0.0415. The van der Waals surface area contributed by atoms with Crippen molar-refractivity contribution in [1.29, 1.82) is 0 Å². The first-order valence-electron chi connectivity index (χ1n) is 21.4. The summed E-state index contributed by atoms with van der Waals surface area (Å²) < 4.78 is 19.3. The number of aromatic hydroxyl groups is 1. The number of nitrogens with zero attached hydrogens (tertiary/aromatic N) is 5. The van der Waals surface area contributed by atoms with Crippen molar-refractivity contribution >= 4 is 62.8 Å². The van der Waals surface area contributed by atoms with Gasteiger partial charge in [0.2, 0.25) is 0 Å². The molecule has 0 aliphatic carbocycles. The first-order chi connectivity index (χ1) is 30.5. The van der Waals surface area contributed by atoms with Crippen molar-refractivity contribution in [1.82, 2.24) is 9.47 Å². The van der Waals surface area contributed by atoms with E-state index in [1.165, 1.54) is 12.1 Å². The maximum atomic E-state index is 14.0. The van der Waals surface area contributed by atoms with Gasteiger partial charge in [0, 0.05) is 89.2 Å². The van der Waals surface area contributed by atoms with Crippen LogP contribution in [0.5, 0.6) is 5.75 Å². The van der Waals surface area contributed by atoms with Gasteiger partial charge in [-0.2, -0.15) is 0 Å². The zero-order chi connectivity index (χ0) is 44.5. The Labute approximate surface area is 382 Å². The Morgan fingerprint density at radius 2 is 1.57 bits per heavy atom. The van der Waals surface area contributed by atoms with Crippen LogP contribution in [0.25, 0.3) is 22.4 Å². The maximum absolute atomic E-state index is 14.0. The highest BCUT2D eigenvalue weighted by Gasteiger charge is 2.25. The van der Waals surface area contributed by atoms with Crippen LogP contribution in [-0.4, -0.2) is 82.3 Å². The molecule has 1 aliphatic heterocycles. The van der Waals surface area contributed by atoms with Gasteiger partial charge in [0.25, 0.3) is 5.69 Å². The van der Waals surface area contributed by atoms with Crippen molar-refractivity contribution in [3.8, 4) is 28.1 Å². The number of nitro benzene ring substituents is 1. The van der Waals surface area contributed by atoms with Crippen molar-refractivity contribution < 1.29 is 14.2 Å². The molecule has 1 saturated heterocycles. The number of piperazine rings is 1. The first kappa shape index (κ1) is 45.6. The van der Waals surface area contributed by atoms with E-state index in [2.05, 4.69) is 72.6 Å². The molecule has 2 heterocycles. The monoisotopic (exact) mass is 905 g/mol. The van der Waals surface area contributed by atoms with E-state index in [0.29, 0.717) is 27.0 Å². The second kappa shape index (κ2) is 21.3. The molecule has 3 N–H and O–H groups in total. The van der Waals surface area contributed by atoms with Gasteiger partial charge < -0.3 is 34.4 Å². The molecule has 5 aromatic carbocycles. The first-order valence-corrected chi connectivity index (χ1v) is 23.9. The number of nitro groups is 1. The smallest absolute Gasteiger partial charge is 0.270 e. The van der Waals surface area contributed by atoms with Crippen LogP contribution in [-0.2, 0) is 17.5 Å². The normalized spacial score (nSPS) is 13.9. The molecule has 7 rings (SSSR count). The van der Waals surface area contributed by atoms with Gasteiger partial charge in [0.1, 0.15) is 5.75 Å². The van der Waals surface area contributed by atoms with Crippen LogP contribution < -0.4 is 19.8 Å². The molecule has 2 atom stereocenters. The van der Waals surface area contributed by atoms with Gasteiger partial charge in [0.15, 0.2) is 11.0 Å². The van der Waals surface area contributed by atoms with Crippen molar-refractivity contribution in [2.75, 3.05) is 72.4 Å². The fourth-order valence-corrected chi connectivity index (χ4v) is 10.1. The lowest BCUT2D eigenvalue weighted by atomic mass is 9.99. The van der Waals surface area contributed by atoms with E-state index < -0.39 is 15.9 Å². The van der Waals surface area contributed by atoms with Gasteiger partial charge in [-0.3, -0.25) is 10.1 Å². The molecular formula is C49H56ClN7O4S2. The molecule has 0 saturated carbocycles. The molecule has 0 amide bonds. The van der Waals surface area contributed by atoms with Crippen LogP contribution in [0.1, 0.15) is 31.9 Å². The highest BCUT2D eigenvalue weighted by molar-refractivity contribution is 7.99. The SMILES string of the molecule is CCCCn1c(C)c(O)c(-c2cccc(N3CCN(c4ccc(NS(=O)c5cc([N+](=O)[O-])ccc5NC(CCN(C)C)CSc5ccccc5)cc4)CC3)c2)c1-c1ccc(Cl)cc1. The fraction of sp³-hybridized carbons (Fsp3) is 0.306. The van der Waals surface area contributed by atoms with E-state index in [4.69, 9.17) is 11.6 Å². The Morgan fingerprint density at radius 1 is 0.873 bits per heavy atom. The predicted molar refractivity (Wildman–Crippen MR) is 263 cm³/mol. The third kappa shape index (κ3) is 11.4. The summed E-state index contributed by atoms with van der Waals surface area (Å²) in [5, 5.41) is 27.7. The van der Waals surface area contributed by atoms with Crippen LogP contribution >= 0.6 is 23.4 Å². The molecule has 330 valence electrons. The highest BCUT2D eigenvalue weighted by Crippen LogP contribution is 2.45. The van der Waals surface area contributed by atoms with E-state index in [1.807, 2.05) is 87.7 Å². The van der Waals surface area contributed by atoms with Crippen LogP contribution in [0.2, 0.25) is 5.02 Å². The molecule has 6 aromatic rings. The van der Waals surface area contributed by atoms with Gasteiger partial charge in [-0.1, -0.05) is 67.4 Å². The number of anilines is 4. The molecule has 1 fully saturated rings. The van der Waals surface area contributed by atoms with Crippen molar-refractivity contribution in [3.05, 3.63) is 142 Å². The molecule has 0 bridgehead atoms. The van der Waals surface area contributed by atoms with E-state index in [9.17, 15) is 19.4 Å². The summed E-state index contributed by atoms with van der Waals surface area (Å²) in [5.74, 6) is 1.07.